The van der Waals surface area contributed by atoms with Crippen LogP contribution in [0, 0.1) is 17.3 Å². The maximum absolute atomic E-state index is 12.1. The minimum atomic E-state index is -0.267. The Kier molecular flexibility index (Phi) is 18.2. The third-order valence-electron chi connectivity index (χ3n) is 7.42. The lowest BCUT2D eigenvalue weighted by atomic mass is 9.64. The predicted molar refractivity (Wildman–Crippen MR) is 161 cm³/mol. The number of esters is 1. The Bertz CT molecular complexity index is 770. The summed E-state index contributed by atoms with van der Waals surface area (Å²) in [7, 11) is 2.11. The summed E-state index contributed by atoms with van der Waals surface area (Å²) in [4.78, 5) is 14.4. The van der Waals surface area contributed by atoms with Crippen LogP contribution in [0.4, 0.5) is 0 Å². The summed E-state index contributed by atoms with van der Waals surface area (Å²) in [6, 6.07) is 0. The van der Waals surface area contributed by atoms with Crippen molar-refractivity contribution in [3.63, 3.8) is 0 Å². The smallest absolute Gasteiger partial charge is 0.331 e. The van der Waals surface area contributed by atoms with Crippen molar-refractivity contribution in [1.29, 1.82) is 0 Å². The van der Waals surface area contributed by atoms with Crippen LogP contribution in [-0.2, 0) is 14.3 Å². The zero-order chi connectivity index (χ0) is 28.2. The van der Waals surface area contributed by atoms with Gasteiger partial charge in [-0.1, -0.05) is 69.6 Å². The van der Waals surface area contributed by atoms with Crippen LogP contribution in [0.3, 0.4) is 0 Å². The normalized spacial score (nSPS) is 20.6. The highest BCUT2D eigenvalue weighted by Crippen LogP contribution is 2.44. The Labute approximate surface area is 233 Å². The topological polar surface area (TPSA) is 76.8 Å². The Morgan fingerprint density at radius 3 is 2.58 bits per heavy atom. The van der Waals surface area contributed by atoms with Crippen LogP contribution in [0.2, 0.25) is 0 Å². The number of nitrogens with two attached hydrogens (primary N) is 1. The fraction of sp³-hybridized carbons (Fsp3) is 0.719. The van der Waals surface area contributed by atoms with Gasteiger partial charge in [-0.15, -0.1) is 0 Å². The monoisotopic (exact) mass is 531 g/mol. The van der Waals surface area contributed by atoms with Gasteiger partial charge in [0.05, 0.1) is 19.8 Å². The van der Waals surface area contributed by atoms with E-state index in [1.165, 1.54) is 24.8 Å². The second kappa shape index (κ2) is 20.2. The SMILES string of the molecule is CC(/C=C/[C@@H]1C(C)CCCC1(C)C)=C\C=C\C(C)=C\C(=O)OCCCCCN(C)CCOCCNCCN. The molecule has 0 heterocycles. The number of carbonyl (C=O) groups excluding carboxylic acids is 1. The minimum Gasteiger partial charge on any atom is -0.463 e. The number of rotatable bonds is 19. The highest BCUT2D eigenvalue weighted by molar-refractivity contribution is 5.83. The standard InChI is InChI=1S/C32H57N3O3/c1-27(15-16-30-29(3)14-11-17-32(30,4)5)12-10-13-28(2)26-31(36)38-23-9-7-8-21-35(6)22-25-37-24-20-34-19-18-33/h10,12-13,15-16,26,29-30,34H,7-9,11,14,17-25,33H2,1-6H3/b13-10+,16-15+,27-12+,28-26+/t29?,30-/m1/s1. The molecule has 218 valence electrons. The van der Waals surface area contributed by atoms with Crippen LogP contribution >= 0.6 is 0 Å². The lowest BCUT2D eigenvalue weighted by Gasteiger charge is -2.41. The van der Waals surface area contributed by atoms with E-state index in [9.17, 15) is 4.79 Å². The molecule has 0 aliphatic heterocycles. The van der Waals surface area contributed by atoms with Crippen LogP contribution in [0.25, 0.3) is 0 Å². The quantitative estimate of drug-likeness (QED) is 0.0969. The van der Waals surface area contributed by atoms with Gasteiger partial charge in [-0.25, -0.2) is 4.79 Å². The second-order valence-corrected chi connectivity index (χ2v) is 11.6. The molecule has 0 spiro atoms. The van der Waals surface area contributed by atoms with Crippen molar-refractivity contribution in [1.82, 2.24) is 10.2 Å². The lowest BCUT2D eigenvalue weighted by molar-refractivity contribution is -0.137. The molecule has 6 nitrogen and oxygen atoms in total. The van der Waals surface area contributed by atoms with Gasteiger partial charge in [-0.3, -0.25) is 0 Å². The molecule has 0 radical (unpaired) electrons. The van der Waals surface area contributed by atoms with E-state index >= 15 is 0 Å². The summed E-state index contributed by atoms with van der Waals surface area (Å²) in [5, 5.41) is 3.21. The molecule has 3 N–H and O–H groups in total. The zero-order valence-corrected chi connectivity index (χ0v) is 25.3. The van der Waals surface area contributed by atoms with Gasteiger partial charge in [0.15, 0.2) is 0 Å². The molecule has 1 aliphatic carbocycles. The van der Waals surface area contributed by atoms with Gasteiger partial charge in [-0.05, 0) is 75.9 Å². The van der Waals surface area contributed by atoms with Gasteiger partial charge >= 0.3 is 5.97 Å². The first-order chi connectivity index (χ1) is 18.2. The Morgan fingerprint density at radius 1 is 1.05 bits per heavy atom. The number of hydrogen-bond donors (Lipinski definition) is 2. The van der Waals surface area contributed by atoms with Gasteiger partial charge in [-0.2, -0.15) is 0 Å². The molecule has 38 heavy (non-hydrogen) atoms. The van der Waals surface area contributed by atoms with E-state index in [0.29, 0.717) is 24.5 Å². The molecule has 0 bridgehead atoms. The molecule has 0 saturated heterocycles. The minimum absolute atomic E-state index is 0.267. The van der Waals surface area contributed by atoms with Gasteiger partial charge in [0.25, 0.3) is 0 Å². The number of ether oxygens (including phenoxy) is 2. The maximum atomic E-state index is 12.1. The average Bonchev–Trinajstić information content (AvgIpc) is 2.84. The first-order valence-electron chi connectivity index (χ1n) is 14.7. The largest absolute Gasteiger partial charge is 0.463 e. The molecule has 1 aliphatic rings. The molecule has 2 atom stereocenters. The van der Waals surface area contributed by atoms with Crippen molar-refractivity contribution in [3.05, 3.63) is 47.6 Å². The van der Waals surface area contributed by atoms with Crippen LogP contribution in [-0.4, -0.2) is 70.5 Å². The van der Waals surface area contributed by atoms with Crippen molar-refractivity contribution >= 4 is 5.97 Å². The van der Waals surface area contributed by atoms with Crippen LogP contribution < -0.4 is 11.1 Å². The van der Waals surface area contributed by atoms with Gasteiger partial charge in [0, 0.05) is 32.3 Å². The number of allylic oxidation sites excluding steroid dienone is 7. The van der Waals surface area contributed by atoms with Crippen LogP contribution in [0.1, 0.15) is 73.1 Å². The molecule has 1 saturated carbocycles. The van der Waals surface area contributed by atoms with E-state index in [1.54, 1.807) is 6.08 Å². The number of likely N-dealkylation sites (N-methyl/N-ethyl adjacent to an activating group) is 1. The zero-order valence-electron chi connectivity index (χ0n) is 25.3. The van der Waals surface area contributed by atoms with Crippen LogP contribution in [0.15, 0.2) is 47.6 Å². The summed E-state index contributed by atoms with van der Waals surface area (Å²) in [6.45, 7) is 17.4. The summed E-state index contributed by atoms with van der Waals surface area (Å²) in [5.74, 6) is 1.09. The molecular formula is C32H57N3O3. The molecule has 1 unspecified atom stereocenters. The molecule has 1 rings (SSSR count). The van der Waals surface area contributed by atoms with Crippen molar-refractivity contribution < 1.29 is 14.3 Å². The Hall–Kier alpha value is -1.73. The molecular weight excluding hydrogens is 474 g/mol. The highest BCUT2D eigenvalue weighted by Gasteiger charge is 2.34. The number of nitrogens with one attached hydrogen (secondary N) is 1. The summed E-state index contributed by atoms with van der Waals surface area (Å²) in [5.41, 5.74) is 7.92. The lowest BCUT2D eigenvalue weighted by Crippen LogP contribution is -2.32. The van der Waals surface area contributed by atoms with Crippen molar-refractivity contribution in [3.8, 4) is 0 Å². The van der Waals surface area contributed by atoms with E-state index in [1.807, 2.05) is 19.1 Å². The molecule has 0 aromatic heterocycles. The van der Waals surface area contributed by atoms with Crippen LogP contribution in [0.5, 0.6) is 0 Å². The summed E-state index contributed by atoms with van der Waals surface area (Å²) in [6.07, 6.45) is 19.3. The number of unbranched alkanes of at least 4 members (excludes halogenated alkanes) is 2. The van der Waals surface area contributed by atoms with E-state index < -0.39 is 0 Å². The van der Waals surface area contributed by atoms with Crippen molar-refractivity contribution in [2.45, 2.75) is 73.1 Å². The molecule has 0 aromatic carbocycles. The first kappa shape index (κ1) is 34.3. The molecule has 1 fully saturated rings. The number of hydrogen-bond acceptors (Lipinski definition) is 6. The maximum Gasteiger partial charge on any atom is 0.331 e. The van der Waals surface area contributed by atoms with E-state index in [0.717, 1.165) is 70.1 Å². The molecule has 0 aromatic rings. The highest BCUT2D eigenvalue weighted by atomic mass is 16.5. The molecule has 0 amide bonds. The fourth-order valence-electron chi connectivity index (χ4n) is 5.02. The first-order valence-corrected chi connectivity index (χ1v) is 14.7. The molecule has 6 heteroatoms. The number of carbonyl (C=O) groups is 1. The second-order valence-electron chi connectivity index (χ2n) is 11.6. The van der Waals surface area contributed by atoms with Crippen molar-refractivity contribution in [2.75, 3.05) is 59.6 Å². The Morgan fingerprint density at radius 2 is 1.84 bits per heavy atom. The van der Waals surface area contributed by atoms with E-state index in [-0.39, 0.29) is 5.97 Å². The van der Waals surface area contributed by atoms with Gasteiger partial charge < -0.3 is 25.4 Å². The summed E-state index contributed by atoms with van der Waals surface area (Å²) < 4.78 is 11.0. The third-order valence-corrected chi connectivity index (χ3v) is 7.42. The van der Waals surface area contributed by atoms with Gasteiger partial charge in [0.1, 0.15) is 0 Å². The fourth-order valence-corrected chi connectivity index (χ4v) is 5.02. The number of nitrogens with zero attached hydrogens (tertiary/aromatic N) is 1. The van der Waals surface area contributed by atoms with Crippen molar-refractivity contribution in [2.24, 2.45) is 23.0 Å². The Balaban J connectivity index is 2.19. The van der Waals surface area contributed by atoms with E-state index in [4.69, 9.17) is 15.2 Å². The summed E-state index contributed by atoms with van der Waals surface area (Å²) >= 11 is 0. The van der Waals surface area contributed by atoms with Gasteiger partial charge in [0.2, 0.25) is 0 Å². The average molecular weight is 532 g/mol. The third kappa shape index (κ3) is 16.3. The van der Waals surface area contributed by atoms with E-state index in [2.05, 4.69) is 63.2 Å². The predicted octanol–water partition coefficient (Wildman–Crippen LogP) is 5.66.